The van der Waals surface area contributed by atoms with Crippen LogP contribution in [0.1, 0.15) is 27.7 Å². The standard InChI is InChI=1S/C12H28N2.ClH/c1-5-13(6-2)9-11-14(7-3,8-4)12-10-13;/h5-12H2,1-4H3;1H/q+2;/p-1. The second-order valence-electron chi connectivity index (χ2n) is 4.84. The first-order valence-corrected chi connectivity index (χ1v) is 6.36. The molecule has 1 aliphatic rings. The van der Waals surface area contributed by atoms with E-state index in [4.69, 9.17) is 0 Å². The van der Waals surface area contributed by atoms with Gasteiger partial charge in [0.05, 0.1) is 26.2 Å². The van der Waals surface area contributed by atoms with E-state index in [9.17, 15) is 0 Å². The van der Waals surface area contributed by atoms with Crippen molar-refractivity contribution in [3.05, 3.63) is 0 Å². The van der Waals surface area contributed by atoms with Crippen molar-refractivity contribution < 1.29 is 21.4 Å². The van der Waals surface area contributed by atoms with Crippen molar-refractivity contribution in [1.82, 2.24) is 0 Å². The Kier molecular flexibility index (Phi) is 6.16. The van der Waals surface area contributed by atoms with Crippen LogP contribution in [0.5, 0.6) is 0 Å². The first kappa shape index (κ1) is 15.2. The number of hydrogen-bond acceptors (Lipinski definition) is 0. The summed E-state index contributed by atoms with van der Waals surface area (Å²) in [5.41, 5.74) is 0. The molecule has 3 heteroatoms. The summed E-state index contributed by atoms with van der Waals surface area (Å²) in [6.45, 7) is 20.3. The molecular formula is C12H28ClN2+. The Bertz CT molecular complexity index is 142. The molecule has 0 aromatic rings. The monoisotopic (exact) mass is 235 g/mol. The van der Waals surface area contributed by atoms with E-state index in [1.165, 1.54) is 61.3 Å². The number of piperazine rings is 1. The average molecular weight is 236 g/mol. The Labute approximate surface area is 102 Å². The minimum Gasteiger partial charge on any atom is -1.00 e. The van der Waals surface area contributed by atoms with Crippen LogP contribution in [0.2, 0.25) is 0 Å². The molecule has 1 fully saturated rings. The highest BCUT2D eigenvalue weighted by atomic mass is 35.5. The number of nitrogens with zero attached hydrogens (tertiary/aromatic N) is 2. The van der Waals surface area contributed by atoms with Crippen LogP contribution < -0.4 is 12.4 Å². The number of hydrogen-bond donors (Lipinski definition) is 0. The lowest BCUT2D eigenvalue weighted by Crippen LogP contribution is -3.00. The van der Waals surface area contributed by atoms with Crippen molar-refractivity contribution in [3.63, 3.8) is 0 Å². The minimum atomic E-state index is 0. The topological polar surface area (TPSA) is 0 Å². The predicted molar refractivity (Wildman–Crippen MR) is 62.2 cm³/mol. The largest absolute Gasteiger partial charge is 1.00 e. The molecule has 0 N–H and O–H groups in total. The van der Waals surface area contributed by atoms with Crippen LogP contribution in [0.3, 0.4) is 0 Å². The highest BCUT2D eigenvalue weighted by Crippen LogP contribution is 2.18. The number of rotatable bonds is 4. The van der Waals surface area contributed by atoms with Gasteiger partial charge in [0.2, 0.25) is 0 Å². The van der Waals surface area contributed by atoms with Crippen molar-refractivity contribution in [2.45, 2.75) is 27.7 Å². The van der Waals surface area contributed by atoms with E-state index in [1.807, 2.05) is 0 Å². The molecule has 92 valence electrons. The highest BCUT2D eigenvalue weighted by Gasteiger charge is 2.38. The van der Waals surface area contributed by atoms with Crippen molar-refractivity contribution in [2.75, 3.05) is 52.4 Å². The van der Waals surface area contributed by atoms with Gasteiger partial charge in [0.25, 0.3) is 0 Å². The predicted octanol–water partition coefficient (Wildman–Crippen LogP) is -1.28. The molecule has 0 saturated carbocycles. The summed E-state index contributed by atoms with van der Waals surface area (Å²) in [6.07, 6.45) is 0. The summed E-state index contributed by atoms with van der Waals surface area (Å²) in [4.78, 5) is 0. The van der Waals surface area contributed by atoms with Gasteiger partial charge in [-0.1, -0.05) is 0 Å². The maximum absolute atomic E-state index is 2.35. The van der Waals surface area contributed by atoms with Crippen LogP contribution in [0.15, 0.2) is 0 Å². The molecule has 15 heavy (non-hydrogen) atoms. The van der Waals surface area contributed by atoms with E-state index in [1.54, 1.807) is 0 Å². The molecule has 0 aliphatic carbocycles. The third-order valence-electron chi connectivity index (χ3n) is 4.78. The van der Waals surface area contributed by atoms with Crippen LogP contribution in [-0.4, -0.2) is 61.3 Å². The zero-order valence-corrected chi connectivity index (χ0v) is 11.7. The van der Waals surface area contributed by atoms with Gasteiger partial charge >= 0.3 is 0 Å². The summed E-state index contributed by atoms with van der Waals surface area (Å²) in [7, 11) is 0. The lowest BCUT2D eigenvalue weighted by molar-refractivity contribution is -1.03. The van der Waals surface area contributed by atoms with Crippen molar-refractivity contribution >= 4 is 0 Å². The zero-order chi connectivity index (χ0) is 10.7. The molecule has 0 unspecified atom stereocenters. The SMILES string of the molecule is CC[N+]1(CC)CC[N+](CC)(CC)CC1.[Cl-]. The molecule has 0 aromatic heterocycles. The van der Waals surface area contributed by atoms with Crippen molar-refractivity contribution in [3.8, 4) is 0 Å². The van der Waals surface area contributed by atoms with Crippen molar-refractivity contribution in [1.29, 1.82) is 0 Å². The molecule has 1 heterocycles. The number of quaternary nitrogens is 2. The van der Waals surface area contributed by atoms with Crippen LogP contribution in [0.4, 0.5) is 0 Å². The normalized spacial score (nSPS) is 23.2. The maximum Gasteiger partial charge on any atom is 0.129 e. The molecule has 1 saturated heterocycles. The second-order valence-corrected chi connectivity index (χ2v) is 4.84. The van der Waals surface area contributed by atoms with Gasteiger partial charge in [0.1, 0.15) is 26.2 Å². The fraction of sp³-hybridized carbons (Fsp3) is 1.00. The smallest absolute Gasteiger partial charge is 0.129 e. The second kappa shape index (κ2) is 6.07. The van der Waals surface area contributed by atoms with Gasteiger partial charge in [-0.15, -0.1) is 0 Å². The van der Waals surface area contributed by atoms with E-state index in [0.29, 0.717) is 0 Å². The van der Waals surface area contributed by atoms with Gasteiger partial charge < -0.3 is 21.4 Å². The van der Waals surface area contributed by atoms with Crippen LogP contribution in [0, 0.1) is 0 Å². The first-order valence-electron chi connectivity index (χ1n) is 6.36. The Balaban J connectivity index is 0.00000196. The molecule has 0 aromatic carbocycles. The summed E-state index contributed by atoms with van der Waals surface area (Å²) in [5, 5.41) is 0. The fourth-order valence-electron chi connectivity index (χ4n) is 2.78. The Morgan fingerprint density at radius 3 is 0.933 bits per heavy atom. The quantitative estimate of drug-likeness (QED) is 0.533. The molecule has 0 spiro atoms. The Hall–Kier alpha value is 0.210. The molecule has 0 radical (unpaired) electrons. The summed E-state index contributed by atoms with van der Waals surface area (Å²) in [6, 6.07) is 0. The Morgan fingerprint density at radius 2 is 0.800 bits per heavy atom. The van der Waals surface area contributed by atoms with E-state index < -0.39 is 0 Å². The Morgan fingerprint density at radius 1 is 0.600 bits per heavy atom. The maximum atomic E-state index is 2.35. The summed E-state index contributed by atoms with van der Waals surface area (Å²) >= 11 is 0. The molecule has 1 aliphatic heterocycles. The van der Waals surface area contributed by atoms with Gasteiger partial charge in [-0.05, 0) is 27.7 Å². The van der Waals surface area contributed by atoms with Crippen molar-refractivity contribution in [2.24, 2.45) is 0 Å². The average Bonchev–Trinajstić information content (AvgIpc) is 2.29. The minimum absolute atomic E-state index is 0. The molecule has 1 rings (SSSR count). The molecule has 0 amide bonds. The number of likely N-dealkylation sites (N-methyl/N-ethyl adjacent to an activating group) is 2. The highest BCUT2D eigenvalue weighted by molar-refractivity contribution is 4.52. The van der Waals surface area contributed by atoms with Gasteiger partial charge in [-0.25, -0.2) is 0 Å². The zero-order valence-electron chi connectivity index (χ0n) is 10.9. The summed E-state index contributed by atoms with van der Waals surface area (Å²) in [5.74, 6) is 0. The molecule has 0 bridgehead atoms. The number of halogens is 1. The fourth-order valence-corrected chi connectivity index (χ4v) is 2.78. The third-order valence-corrected chi connectivity index (χ3v) is 4.78. The molecule has 2 nitrogen and oxygen atoms in total. The third kappa shape index (κ3) is 3.08. The lowest BCUT2D eigenvalue weighted by Gasteiger charge is -2.48. The summed E-state index contributed by atoms with van der Waals surface area (Å²) < 4.78 is 2.72. The van der Waals surface area contributed by atoms with Crippen LogP contribution in [-0.2, 0) is 0 Å². The van der Waals surface area contributed by atoms with Crippen LogP contribution >= 0.6 is 0 Å². The molecule has 0 atom stereocenters. The van der Waals surface area contributed by atoms with Gasteiger partial charge in [0, 0.05) is 0 Å². The van der Waals surface area contributed by atoms with E-state index in [0.717, 1.165) is 0 Å². The molecular weight excluding hydrogens is 208 g/mol. The van der Waals surface area contributed by atoms with E-state index in [-0.39, 0.29) is 12.4 Å². The van der Waals surface area contributed by atoms with Gasteiger partial charge in [0.15, 0.2) is 0 Å². The van der Waals surface area contributed by atoms with E-state index >= 15 is 0 Å². The van der Waals surface area contributed by atoms with Gasteiger partial charge in [-0.2, -0.15) is 0 Å². The van der Waals surface area contributed by atoms with E-state index in [2.05, 4.69) is 27.7 Å². The van der Waals surface area contributed by atoms with Gasteiger partial charge in [-0.3, -0.25) is 0 Å². The lowest BCUT2D eigenvalue weighted by atomic mass is 10.2. The van der Waals surface area contributed by atoms with Crippen LogP contribution in [0.25, 0.3) is 0 Å². The first-order chi connectivity index (χ1) is 6.66.